The summed E-state index contributed by atoms with van der Waals surface area (Å²) < 4.78 is 5.34. The molecule has 0 saturated heterocycles. The number of carbonyl (C=O) groups is 1. The van der Waals surface area contributed by atoms with Gasteiger partial charge in [-0.15, -0.1) is 0 Å². The van der Waals surface area contributed by atoms with E-state index < -0.39 is 0 Å². The van der Waals surface area contributed by atoms with Crippen molar-refractivity contribution in [2.24, 2.45) is 23.5 Å². The molecule has 2 N–H and O–H groups in total. The van der Waals surface area contributed by atoms with Crippen LogP contribution in [0.3, 0.4) is 0 Å². The second kappa shape index (κ2) is 5.90. The van der Waals surface area contributed by atoms with E-state index in [-0.39, 0.29) is 17.9 Å². The van der Waals surface area contributed by atoms with Gasteiger partial charge in [0.05, 0.1) is 31.2 Å². The third kappa shape index (κ3) is 2.68. The number of hydrogen-bond acceptors (Lipinski definition) is 4. The monoisotopic (exact) mass is 287 g/mol. The van der Waals surface area contributed by atoms with Gasteiger partial charge in [-0.3, -0.25) is 4.79 Å². The third-order valence-electron chi connectivity index (χ3n) is 5.00. The molecule has 112 valence electrons. The fraction of sp³-hybridized carbons (Fsp3) is 0.625. The van der Waals surface area contributed by atoms with Crippen LogP contribution < -0.4 is 5.73 Å². The molecule has 2 aliphatic carbocycles. The Kier molecular flexibility index (Phi) is 3.98. The molecule has 5 nitrogen and oxygen atoms in total. The highest BCUT2D eigenvalue weighted by atomic mass is 16.3. The van der Waals surface area contributed by atoms with Gasteiger partial charge >= 0.3 is 0 Å². The van der Waals surface area contributed by atoms with Gasteiger partial charge in [-0.2, -0.15) is 5.26 Å². The Hall–Kier alpha value is -1.80. The predicted molar refractivity (Wildman–Crippen MR) is 76.7 cm³/mol. The largest absolute Gasteiger partial charge is 0.467 e. The smallest absolute Gasteiger partial charge is 0.227 e. The number of nitrogens with two attached hydrogens (primary N) is 1. The third-order valence-corrected chi connectivity index (χ3v) is 5.00. The molecule has 1 aromatic rings. The van der Waals surface area contributed by atoms with Crippen molar-refractivity contribution in [1.82, 2.24) is 4.90 Å². The number of amides is 1. The van der Waals surface area contributed by atoms with Crippen molar-refractivity contribution in [3.05, 3.63) is 24.2 Å². The number of hydrogen-bond donors (Lipinski definition) is 1. The van der Waals surface area contributed by atoms with E-state index in [0.717, 1.165) is 25.0 Å². The van der Waals surface area contributed by atoms with Crippen molar-refractivity contribution < 1.29 is 9.21 Å². The summed E-state index contributed by atoms with van der Waals surface area (Å²) in [6.45, 7) is 0.866. The Morgan fingerprint density at radius 3 is 2.90 bits per heavy atom. The van der Waals surface area contributed by atoms with E-state index in [1.807, 2.05) is 12.1 Å². The van der Waals surface area contributed by atoms with Gasteiger partial charge in [0.15, 0.2) is 0 Å². The molecule has 0 aliphatic heterocycles. The SMILES string of the molecule is N#CCCN(Cc1ccco1)C(=O)C1C2CCC(C2)C1N. The van der Waals surface area contributed by atoms with Crippen molar-refractivity contribution in [3.63, 3.8) is 0 Å². The van der Waals surface area contributed by atoms with Gasteiger partial charge in [0, 0.05) is 12.6 Å². The minimum absolute atomic E-state index is 0.0163. The Morgan fingerprint density at radius 1 is 1.48 bits per heavy atom. The van der Waals surface area contributed by atoms with E-state index >= 15 is 0 Å². The number of fused-ring (bicyclic) bond motifs is 2. The zero-order valence-corrected chi connectivity index (χ0v) is 12.1. The van der Waals surface area contributed by atoms with Crippen molar-refractivity contribution in [2.45, 2.75) is 38.3 Å². The minimum Gasteiger partial charge on any atom is -0.467 e. The maximum absolute atomic E-state index is 12.9. The van der Waals surface area contributed by atoms with E-state index in [0.29, 0.717) is 31.3 Å². The lowest BCUT2D eigenvalue weighted by atomic mass is 9.84. The first-order chi connectivity index (χ1) is 10.2. The lowest BCUT2D eigenvalue weighted by Crippen LogP contribution is -2.47. The Labute approximate surface area is 124 Å². The molecule has 4 unspecified atom stereocenters. The number of nitrogens with zero attached hydrogens (tertiary/aromatic N) is 2. The number of nitriles is 1. The molecule has 2 aliphatic rings. The first-order valence-electron chi connectivity index (χ1n) is 7.64. The minimum atomic E-state index is -0.0718. The van der Waals surface area contributed by atoms with Crippen LogP contribution in [-0.4, -0.2) is 23.4 Å². The molecule has 5 heteroatoms. The zero-order valence-electron chi connectivity index (χ0n) is 12.1. The van der Waals surface area contributed by atoms with E-state index in [4.69, 9.17) is 15.4 Å². The molecule has 21 heavy (non-hydrogen) atoms. The quantitative estimate of drug-likeness (QED) is 0.896. The van der Waals surface area contributed by atoms with Crippen molar-refractivity contribution >= 4 is 5.91 Å². The number of carbonyl (C=O) groups excluding carboxylic acids is 1. The van der Waals surface area contributed by atoms with Gasteiger partial charge in [0.2, 0.25) is 5.91 Å². The lowest BCUT2D eigenvalue weighted by Gasteiger charge is -2.32. The summed E-state index contributed by atoms with van der Waals surface area (Å²) in [5.41, 5.74) is 6.27. The molecule has 3 rings (SSSR count). The molecule has 1 heterocycles. The fourth-order valence-electron chi connectivity index (χ4n) is 3.96. The summed E-state index contributed by atoms with van der Waals surface area (Å²) in [5.74, 6) is 1.71. The van der Waals surface area contributed by atoms with Crippen LogP contribution in [0.5, 0.6) is 0 Å². The van der Waals surface area contributed by atoms with Crippen molar-refractivity contribution in [2.75, 3.05) is 6.54 Å². The van der Waals surface area contributed by atoms with Crippen LogP contribution in [0.2, 0.25) is 0 Å². The van der Waals surface area contributed by atoms with Gasteiger partial charge in [-0.1, -0.05) is 0 Å². The van der Waals surface area contributed by atoms with Gasteiger partial charge in [-0.25, -0.2) is 0 Å². The highest BCUT2D eigenvalue weighted by molar-refractivity contribution is 5.80. The second-order valence-electron chi connectivity index (χ2n) is 6.18. The average molecular weight is 287 g/mol. The van der Waals surface area contributed by atoms with E-state index in [1.165, 1.54) is 0 Å². The summed E-state index contributed by atoms with van der Waals surface area (Å²) in [4.78, 5) is 14.6. The van der Waals surface area contributed by atoms with Gasteiger partial charge in [0.25, 0.3) is 0 Å². The molecule has 0 aromatic carbocycles. The molecular formula is C16H21N3O2. The summed E-state index contributed by atoms with van der Waals surface area (Å²) >= 11 is 0. The maximum Gasteiger partial charge on any atom is 0.227 e. The summed E-state index contributed by atoms with van der Waals surface area (Å²) in [7, 11) is 0. The maximum atomic E-state index is 12.9. The molecule has 0 spiro atoms. The first kappa shape index (κ1) is 14.2. The number of rotatable bonds is 5. The first-order valence-corrected chi connectivity index (χ1v) is 7.64. The highest BCUT2D eigenvalue weighted by Gasteiger charge is 2.50. The Morgan fingerprint density at radius 2 is 2.29 bits per heavy atom. The van der Waals surface area contributed by atoms with Crippen LogP contribution in [-0.2, 0) is 11.3 Å². The van der Waals surface area contributed by atoms with Crippen LogP contribution in [0.25, 0.3) is 0 Å². The molecule has 2 bridgehead atoms. The van der Waals surface area contributed by atoms with E-state index in [1.54, 1.807) is 11.2 Å². The molecule has 2 fully saturated rings. The molecular weight excluding hydrogens is 266 g/mol. The van der Waals surface area contributed by atoms with Gasteiger partial charge in [0.1, 0.15) is 5.76 Å². The Balaban J connectivity index is 1.72. The lowest BCUT2D eigenvalue weighted by molar-refractivity contribution is -0.138. The van der Waals surface area contributed by atoms with Gasteiger partial charge in [-0.05, 0) is 43.2 Å². The van der Waals surface area contributed by atoms with Crippen LogP contribution in [0.4, 0.5) is 0 Å². The highest BCUT2D eigenvalue weighted by Crippen LogP contribution is 2.48. The molecule has 1 aromatic heterocycles. The van der Waals surface area contributed by atoms with Crippen LogP contribution in [0.1, 0.15) is 31.4 Å². The molecule has 4 atom stereocenters. The van der Waals surface area contributed by atoms with Crippen molar-refractivity contribution in [3.8, 4) is 6.07 Å². The Bertz CT molecular complexity index is 532. The molecule has 0 radical (unpaired) electrons. The van der Waals surface area contributed by atoms with Crippen LogP contribution >= 0.6 is 0 Å². The predicted octanol–water partition coefficient (Wildman–Crippen LogP) is 1.90. The number of furan rings is 1. The summed E-state index contributed by atoms with van der Waals surface area (Å²) in [5, 5.41) is 8.81. The van der Waals surface area contributed by atoms with Crippen LogP contribution in [0, 0.1) is 29.1 Å². The fourth-order valence-corrected chi connectivity index (χ4v) is 3.96. The zero-order chi connectivity index (χ0) is 14.8. The molecule has 1 amide bonds. The molecule has 2 saturated carbocycles. The van der Waals surface area contributed by atoms with Crippen LogP contribution in [0.15, 0.2) is 22.8 Å². The summed E-state index contributed by atoms with van der Waals surface area (Å²) in [6, 6.07) is 5.76. The normalized spacial score (nSPS) is 30.3. The average Bonchev–Trinajstić information content (AvgIpc) is 3.19. The van der Waals surface area contributed by atoms with Gasteiger partial charge < -0.3 is 15.1 Å². The topological polar surface area (TPSA) is 83.3 Å². The van der Waals surface area contributed by atoms with Crippen molar-refractivity contribution in [1.29, 1.82) is 5.26 Å². The van der Waals surface area contributed by atoms with E-state index in [2.05, 4.69) is 6.07 Å². The standard InChI is InChI=1S/C16H21N3O2/c17-6-2-7-19(10-13-3-1-8-21-13)16(20)14-11-4-5-12(9-11)15(14)18/h1,3,8,11-12,14-15H,2,4-5,7,9-10,18H2. The van der Waals surface area contributed by atoms with E-state index in [9.17, 15) is 4.79 Å². The second-order valence-corrected chi connectivity index (χ2v) is 6.18. The summed E-state index contributed by atoms with van der Waals surface area (Å²) in [6.07, 6.45) is 5.30.